The molecule has 2 rings (SSSR count). The van der Waals surface area contributed by atoms with Crippen LogP contribution < -0.4 is 0 Å². The maximum atomic E-state index is 12.8. The third kappa shape index (κ3) is 3.39. The summed E-state index contributed by atoms with van der Waals surface area (Å²) in [5.41, 5.74) is 3.87. The van der Waals surface area contributed by atoms with Gasteiger partial charge in [-0.15, -0.1) is 0 Å². The van der Waals surface area contributed by atoms with E-state index in [2.05, 4.69) is 11.5 Å². The number of carbonyl (C=O) groups excluding carboxylic acids is 1. The van der Waals surface area contributed by atoms with E-state index in [-0.39, 0.29) is 12.5 Å². The van der Waals surface area contributed by atoms with E-state index in [0.29, 0.717) is 13.1 Å². The van der Waals surface area contributed by atoms with Crippen molar-refractivity contribution in [3.8, 4) is 0 Å². The lowest BCUT2D eigenvalue weighted by atomic mass is 10.1. The number of benzene rings is 1. The van der Waals surface area contributed by atoms with Crippen molar-refractivity contribution in [1.82, 2.24) is 9.47 Å². The Kier molecular flexibility index (Phi) is 5.39. The van der Waals surface area contributed by atoms with Gasteiger partial charge < -0.3 is 14.6 Å². The Hall–Kier alpha value is -2.07. The standard InChI is InChI=1S/C18H24N2O2/c1-4-20-14(2)12-17(15(20)3)18(22)19(10-11-21)13-16-8-6-5-7-9-16/h5-9,12,21H,4,10-11,13H2,1-3H3. The zero-order chi connectivity index (χ0) is 16.1. The van der Waals surface area contributed by atoms with Crippen LogP contribution in [0.2, 0.25) is 0 Å². The Morgan fingerprint density at radius 3 is 2.45 bits per heavy atom. The minimum atomic E-state index is -0.0366. The maximum absolute atomic E-state index is 12.8. The van der Waals surface area contributed by atoms with Gasteiger partial charge in [0.15, 0.2) is 0 Å². The second-order valence-electron chi connectivity index (χ2n) is 5.46. The van der Waals surface area contributed by atoms with Crippen LogP contribution in [-0.4, -0.2) is 33.6 Å². The molecule has 0 aliphatic rings. The van der Waals surface area contributed by atoms with Crippen molar-refractivity contribution < 1.29 is 9.90 Å². The van der Waals surface area contributed by atoms with Crippen molar-refractivity contribution in [2.75, 3.05) is 13.2 Å². The fourth-order valence-electron chi connectivity index (χ4n) is 2.85. The molecule has 118 valence electrons. The van der Waals surface area contributed by atoms with Gasteiger partial charge in [-0.3, -0.25) is 4.79 Å². The quantitative estimate of drug-likeness (QED) is 0.891. The number of hydrogen-bond acceptors (Lipinski definition) is 2. The van der Waals surface area contributed by atoms with Crippen LogP contribution in [0.4, 0.5) is 0 Å². The molecule has 4 heteroatoms. The topological polar surface area (TPSA) is 45.5 Å². The van der Waals surface area contributed by atoms with Gasteiger partial charge in [-0.2, -0.15) is 0 Å². The molecule has 1 N–H and O–H groups in total. The summed E-state index contributed by atoms with van der Waals surface area (Å²) < 4.78 is 2.13. The van der Waals surface area contributed by atoms with Gasteiger partial charge in [0.25, 0.3) is 5.91 Å². The minimum Gasteiger partial charge on any atom is -0.395 e. The van der Waals surface area contributed by atoms with Gasteiger partial charge in [0.05, 0.1) is 12.2 Å². The molecule has 1 heterocycles. The number of rotatable bonds is 6. The van der Waals surface area contributed by atoms with Crippen LogP contribution in [0.15, 0.2) is 36.4 Å². The lowest BCUT2D eigenvalue weighted by Gasteiger charge is -2.22. The number of amides is 1. The Morgan fingerprint density at radius 1 is 1.23 bits per heavy atom. The molecule has 0 aliphatic carbocycles. The van der Waals surface area contributed by atoms with Gasteiger partial charge in [-0.25, -0.2) is 0 Å². The highest BCUT2D eigenvalue weighted by Crippen LogP contribution is 2.18. The molecule has 0 aliphatic heterocycles. The van der Waals surface area contributed by atoms with Crippen LogP contribution in [0.1, 0.15) is 34.2 Å². The van der Waals surface area contributed by atoms with Crippen molar-refractivity contribution in [3.63, 3.8) is 0 Å². The first-order valence-electron chi connectivity index (χ1n) is 7.69. The Balaban J connectivity index is 2.26. The van der Waals surface area contributed by atoms with Gasteiger partial charge in [0, 0.05) is 31.0 Å². The molecule has 0 atom stereocenters. The first-order chi connectivity index (χ1) is 10.6. The molecule has 0 saturated carbocycles. The summed E-state index contributed by atoms with van der Waals surface area (Å²) in [5, 5.41) is 9.29. The molecular formula is C18H24N2O2. The van der Waals surface area contributed by atoms with Crippen molar-refractivity contribution in [2.45, 2.75) is 33.9 Å². The van der Waals surface area contributed by atoms with E-state index in [0.717, 1.165) is 29.1 Å². The average Bonchev–Trinajstić information content (AvgIpc) is 2.81. The van der Waals surface area contributed by atoms with E-state index in [4.69, 9.17) is 0 Å². The number of nitrogens with zero attached hydrogens (tertiary/aromatic N) is 2. The number of aliphatic hydroxyl groups excluding tert-OH is 1. The van der Waals surface area contributed by atoms with Crippen LogP contribution >= 0.6 is 0 Å². The molecule has 0 spiro atoms. The Morgan fingerprint density at radius 2 is 1.91 bits per heavy atom. The monoisotopic (exact) mass is 300 g/mol. The smallest absolute Gasteiger partial charge is 0.256 e. The van der Waals surface area contributed by atoms with Gasteiger partial charge in [-0.05, 0) is 32.4 Å². The summed E-state index contributed by atoms with van der Waals surface area (Å²) >= 11 is 0. The van der Waals surface area contributed by atoms with Gasteiger partial charge >= 0.3 is 0 Å². The minimum absolute atomic E-state index is 0.0225. The van der Waals surface area contributed by atoms with Gasteiger partial charge in [-0.1, -0.05) is 30.3 Å². The zero-order valence-electron chi connectivity index (χ0n) is 13.5. The number of aryl methyl sites for hydroxylation is 1. The Bertz CT molecular complexity index is 632. The molecule has 1 amide bonds. The number of aliphatic hydroxyl groups is 1. The van der Waals surface area contributed by atoms with Gasteiger partial charge in [0.2, 0.25) is 0 Å². The number of aromatic nitrogens is 1. The predicted molar refractivity (Wildman–Crippen MR) is 87.8 cm³/mol. The van der Waals surface area contributed by atoms with E-state index in [1.807, 2.05) is 50.2 Å². The first-order valence-corrected chi connectivity index (χ1v) is 7.69. The fourth-order valence-corrected chi connectivity index (χ4v) is 2.85. The zero-order valence-corrected chi connectivity index (χ0v) is 13.5. The van der Waals surface area contributed by atoms with E-state index in [1.54, 1.807) is 4.90 Å². The highest BCUT2D eigenvalue weighted by Gasteiger charge is 2.20. The van der Waals surface area contributed by atoms with E-state index in [1.165, 1.54) is 0 Å². The molecule has 22 heavy (non-hydrogen) atoms. The van der Waals surface area contributed by atoms with E-state index < -0.39 is 0 Å². The van der Waals surface area contributed by atoms with Gasteiger partial charge in [0.1, 0.15) is 0 Å². The lowest BCUT2D eigenvalue weighted by Crippen LogP contribution is -2.33. The highest BCUT2D eigenvalue weighted by molar-refractivity contribution is 5.95. The molecule has 0 saturated heterocycles. The average molecular weight is 300 g/mol. The molecule has 2 aromatic rings. The SMILES string of the molecule is CCn1c(C)cc(C(=O)N(CCO)Cc2ccccc2)c1C. The summed E-state index contributed by atoms with van der Waals surface area (Å²) in [7, 11) is 0. The lowest BCUT2D eigenvalue weighted by molar-refractivity contribution is 0.0707. The third-order valence-electron chi connectivity index (χ3n) is 3.99. The third-order valence-corrected chi connectivity index (χ3v) is 3.99. The molecule has 4 nitrogen and oxygen atoms in total. The molecule has 0 radical (unpaired) electrons. The van der Waals surface area contributed by atoms with Crippen LogP contribution in [0.25, 0.3) is 0 Å². The molecule has 1 aromatic heterocycles. The van der Waals surface area contributed by atoms with E-state index >= 15 is 0 Å². The fraction of sp³-hybridized carbons (Fsp3) is 0.389. The normalized spacial score (nSPS) is 10.7. The predicted octanol–water partition coefficient (Wildman–Crippen LogP) is 2.76. The summed E-state index contributed by atoms with van der Waals surface area (Å²) in [5.74, 6) is -0.0225. The molecular weight excluding hydrogens is 276 g/mol. The van der Waals surface area contributed by atoms with Crippen LogP contribution in [0.3, 0.4) is 0 Å². The molecule has 0 fully saturated rings. The second-order valence-corrected chi connectivity index (χ2v) is 5.46. The number of hydrogen-bond donors (Lipinski definition) is 1. The highest BCUT2D eigenvalue weighted by atomic mass is 16.3. The first kappa shape index (κ1) is 16.3. The summed E-state index contributed by atoms with van der Waals surface area (Å²) in [4.78, 5) is 14.5. The largest absolute Gasteiger partial charge is 0.395 e. The van der Waals surface area contributed by atoms with Crippen molar-refractivity contribution in [3.05, 3.63) is 58.9 Å². The van der Waals surface area contributed by atoms with Crippen LogP contribution in [0.5, 0.6) is 0 Å². The van der Waals surface area contributed by atoms with E-state index in [9.17, 15) is 9.90 Å². The van der Waals surface area contributed by atoms with Crippen LogP contribution in [-0.2, 0) is 13.1 Å². The maximum Gasteiger partial charge on any atom is 0.256 e. The van der Waals surface area contributed by atoms with Crippen LogP contribution in [0, 0.1) is 13.8 Å². The molecule has 0 unspecified atom stereocenters. The summed E-state index contributed by atoms with van der Waals surface area (Å²) in [6, 6.07) is 11.8. The number of carbonyl (C=O) groups is 1. The Labute approximate surface area is 132 Å². The van der Waals surface area contributed by atoms with Crippen molar-refractivity contribution in [2.24, 2.45) is 0 Å². The summed E-state index contributed by atoms with van der Waals surface area (Å²) in [6.07, 6.45) is 0. The van der Waals surface area contributed by atoms with Crippen molar-refractivity contribution in [1.29, 1.82) is 0 Å². The molecule has 0 bridgehead atoms. The summed E-state index contributed by atoms with van der Waals surface area (Å²) in [6.45, 7) is 7.72. The molecule has 1 aromatic carbocycles. The van der Waals surface area contributed by atoms with Crippen molar-refractivity contribution >= 4 is 5.91 Å². The second kappa shape index (κ2) is 7.27.